The number of hydrogen-bond acceptors (Lipinski definition) is 5. The Bertz CT molecular complexity index is 1270. The molecule has 1 aliphatic heterocycles. The van der Waals surface area contributed by atoms with Gasteiger partial charge < -0.3 is 0 Å². The zero-order valence-electron chi connectivity index (χ0n) is 15.6. The van der Waals surface area contributed by atoms with Crippen LogP contribution in [0.4, 0.5) is 0 Å². The number of hydrogen-bond donors (Lipinski definition) is 1. The first kappa shape index (κ1) is 19.3. The first-order valence-electron chi connectivity index (χ1n) is 9.28. The van der Waals surface area contributed by atoms with Gasteiger partial charge in [0, 0.05) is 30.7 Å². The van der Waals surface area contributed by atoms with Crippen LogP contribution in [0.2, 0.25) is 0 Å². The molecule has 1 fully saturated rings. The molecule has 3 aromatic rings. The highest BCUT2D eigenvalue weighted by Gasteiger charge is 2.29. The van der Waals surface area contributed by atoms with Crippen LogP contribution in [-0.2, 0) is 10.0 Å². The highest BCUT2D eigenvalue weighted by Crippen LogP contribution is 2.23. The Kier molecular flexibility index (Phi) is 5.16. The molecule has 9 heteroatoms. The topological polar surface area (TPSA) is 105 Å². The van der Waals surface area contributed by atoms with E-state index < -0.39 is 21.3 Å². The third-order valence-corrected chi connectivity index (χ3v) is 6.65. The lowest BCUT2D eigenvalue weighted by Crippen LogP contribution is -2.44. The molecular formula is C20H20N4O4S. The Morgan fingerprint density at radius 2 is 1.76 bits per heavy atom. The summed E-state index contributed by atoms with van der Waals surface area (Å²) in [4.78, 5) is 31.8. The van der Waals surface area contributed by atoms with Crippen molar-refractivity contribution in [1.29, 1.82) is 0 Å². The third kappa shape index (κ3) is 3.92. The van der Waals surface area contributed by atoms with Gasteiger partial charge in [0.25, 0.3) is 5.56 Å². The third-order valence-electron chi connectivity index (χ3n) is 5.08. The minimum atomic E-state index is -3.57. The van der Waals surface area contributed by atoms with Crippen LogP contribution < -0.4 is 11.2 Å². The maximum Gasteiger partial charge on any atom is 0.330 e. The molecule has 0 unspecified atom stereocenters. The van der Waals surface area contributed by atoms with E-state index in [0.29, 0.717) is 18.2 Å². The smallest absolute Gasteiger partial charge is 0.291 e. The van der Waals surface area contributed by atoms with Crippen LogP contribution in [0.3, 0.4) is 0 Å². The number of rotatable bonds is 4. The maximum atomic E-state index is 12.7. The fourth-order valence-electron chi connectivity index (χ4n) is 3.56. The predicted molar refractivity (Wildman–Crippen MR) is 111 cm³/mol. The molecule has 0 spiro atoms. The largest absolute Gasteiger partial charge is 0.330 e. The fourth-order valence-corrected chi connectivity index (χ4v) is 4.78. The molecule has 1 N–H and O–H groups in total. The number of aromatic amines is 1. The van der Waals surface area contributed by atoms with Gasteiger partial charge in [0.2, 0.25) is 10.0 Å². The van der Waals surface area contributed by atoms with Crippen LogP contribution in [0.25, 0.3) is 17.1 Å². The van der Waals surface area contributed by atoms with Crippen LogP contribution in [0.5, 0.6) is 0 Å². The van der Waals surface area contributed by atoms with Crippen LogP contribution in [0.15, 0.2) is 63.7 Å². The first-order chi connectivity index (χ1) is 14.0. The number of H-pyrrole nitrogens is 1. The Labute approximate surface area is 167 Å². The van der Waals surface area contributed by atoms with Crippen molar-refractivity contribution >= 4 is 27.1 Å². The number of nitrogens with zero attached hydrogens (tertiary/aromatic N) is 3. The molecule has 1 saturated heterocycles. The van der Waals surface area contributed by atoms with Crippen LogP contribution in [0.1, 0.15) is 24.4 Å². The lowest BCUT2D eigenvalue weighted by Gasteiger charge is -2.30. The average molecular weight is 412 g/mol. The summed E-state index contributed by atoms with van der Waals surface area (Å²) in [6, 6.07) is 12.1. The van der Waals surface area contributed by atoms with Crippen LogP contribution >= 0.6 is 0 Å². The molecule has 0 amide bonds. The predicted octanol–water partition coefficient (Wildman–Crippen LogP) is 1.72. The van der Waals surface area contributed by atoms with E-state index in [4.69, 9.17) is 0 Å². The fraction of sp³-hybridized carbons (Fsp3) is 0.250. The average Bonchev–Trinajstić information content (AvgIpc) is 2.73. The van der Waals surface area contributed by atoms with E-state index in [9.17, 15) is 18.0 Å². The molecular weight excluding hydrogens is 392 g/mol. The number of benzene rings is 1. The summed E-state index contributed by atoms with van der Waals surface area (Å²) >= 11 is 0. The molecule has 1 aromatic carbocycles. The monoisotopic (exact) mass is 412 g/mol. The normalized spacial score (nSPS) is 16.6. The number of sulfonamides is 1. The number of aromatic nitrogens is 3. The standard InChI is InChI=1S/C20H20N4O4S/c25-19-17-7-4-11-21-18(17)22-20(26)24(19)16-8-12-23(13-9-16)29(27,28)14-10-15-5-2-1-3-6-15/h1-7,10-11,14,16H,8-9,12-13H2,(H,21,22,26). The van der Waals surface area contributed by atoms with E-state index in [2.05, 4.69) is 9.97 Å². The lowest BCUT2D eigenvalue weighted by molar-refractivity contribution is 0.268. The number of pyridine rings is 1. The second-order valence-electron chi connectivity index (χ2n) is 6.89. The zero-order chi connectivity index (χ0) is 20.4. The number of piperidine rings is 1. The van der Waals surface area contributed by atoms with E-state index in [0.717, 1.165) is 5.56 Å². The summed E-state index contributed by atoms with van der Waals surface area (Å²) in [5.41, 5.74) is 0.132. The Morgan fingerprint density at radius 3 is 2.48 bits per heavy atom. The molecule has 150 valence electrons. The highest BCUT2D eigenvalue weighted by molar-refractivity contribution is 7.92. The van der Waals surface area contributed by atoms with Gasteiger partial charge in [-0.3, -0.25) is 14.3 Å². The van der Waals surface area contributed by atoms with Gasteiger partial charge in [0.1, 0.15) is 5.65 Å². The zero-order valence-corrected chi connectivity index (χ0v) is 16.4. The molecule has 4 rings (SSSR count). The van der Waals surface area contributed by atoms with Gasteiger partial charge in [-0.05, 0) is 36.6 Å². The van der Waals surface area contributed by atoms with Crippen molar-refractivity contribution in [3.63, 3.8) is 0 Å². The van der Waals surface area contributed by atoms with Gasteiger partial charge in [0.15, 0.2) is 0 Å². The van der Waals surface area contributed by atoms with Gasteiger partial charge >= 0.3 is 5.69 Å². The van der Waals surface area contributed by atoms with E-state index in [1.54, 1.807) is 18.2 Å². The number of fused-ring (bicyclic) bond motifs is 1. The van der Waals surface area contributed by atoms with E-state index in [-0.39, 0.29) is 24.8 Å². The first-order valence-corrected chi connectivity index (χ1v) is 10.8. The van der Waals surface area contributed by atoms with Gasteiger partial charge in [-0.25, -0.2) is 18.2 Å². The van der Waals surface area contributed by atoms with Crippen molar-refractivity contribution in [3.05, 3.63) is 80.5 Å². The molecule has 0 radical (unpaired) electrons. The minimum Gasteiger partial charge on any atom is -0.291 e. The maximum absolute atomic E-state index is 12.7. The Morgan fingerprint density at radius 1 is 1.03 bits per heavy atom. The summed E-state index contributed by atoms with van der Waals surface area (Å²) in [6.07, 6.45) is 3.83. The van der Waals surface area contributed by atoms with E-state index in [1.807, 2.05) is 30.3 Å². The molecule has 0 atom stereocenters. The van der Waals surface area contributed by atoms with Gasteiger partial charge in [-0.2, -0.15) is 4.31 Å². The Hall–Kier alpha value is -3.04. The van der Waals surface area contributed by atoms with Crippen LogP contribution in [0, 0.1) is 0 Å². The van der Waals surface area contributed by atoms with Crippen molar-refractivity contribution in [2.45, 2.75) is 18.9 Å². The van der Waals surface area contributed by atoms with Gasteiger partial charge in [-0.1, -0.05) is 30.3 Å². The second-order valence-corrected chi connectivity index (χ2v) is 8.71. The van der Waals surface area contributed by atoms with E-state index >= 15 is 0 Å². The minimum absolute atomic E-state index is 0.239. The number of nitrogens with one attached hydrogen (secondary N) is 1. The molecule has 0 saturated carbocycles. The van der Waals surface area contributed by atoms with Crippen molar-refractivity contribution < 1.29 is 8.42 Å². The van der Waals surface area contributed by atoms with E-state index in [1.165, 1.54) is 20.5 Å². The highest BCUT2D eigenvalue weighted by atomic mass is 32.2. The van der Waals surface area contributed by atoms with Crippen LogP contribution in [-0.4, -0.2) is 40.3 Å². The summed E-state index contributed by atoms with van der Waals surface area (Å²) in [5, 5.41) is 1.54. The molecule has 3 heterocycles. The molecule has 2 aromatic heterocycles. The lowest BCUT2D eigenvalue weighted by atomic mass is 10.1. The van der Waals surface area contributed by atoms with Gasteiger partial charge in [0.05, 0.1) is 5.39 Å². The second kappa shape index (κ2) is 7.76. The summed E-state index contributed by atoms with van der Waals surface area (Å²) in [6.45, 7) is 0.478. The molecule has 8 nitrogen and oxygen atoms in total. The van der Waals surface area contributed by atoms with Gasteiger partial charge in [-0.15, -0.1) is 0 Å². The van der Waals surface area contributed by atoms with Crippen molar-refractivity contribution in [1.82, 2.24) is 18.8 Å². The summed E-state index contributed by atoms with van der Waals surface area (Å²) in [5.74, 6) is 0. The van der Waals surface area contributed by atoms with Crippen molar-refractivity contribution in [2.75, 3.05) is 13.1 Å². The molecule has 29 heavy (non-hydrogen) atoms. The SMILES string of the molecule is O=c1[nH]c2ncccc2c(=O)n1C1CCN(S(=O)(=O)C=Cc2ccccc2)CC1. The Balaban J connectivity index is 1.53. The quantitative estimate of drug-likeness (QED) is 0.703. The summed E-state index contributed by atoms with van der Waals surface area (Å²) < 4.78 is 27.8. The molecule has 1 aliphatic rings. The van der Waals surface area contributed by atoms with Crippen molar-refractivity contribution in [2.24, 2.45) is 0 Å². The van der Waals surface area contributed by atoms with Crippen molar-refractivity contribution in [3.8, 4) is 0 Å². The molecule has 0 aliphatic carbocycles. The summed E-state index contributed by atoms with van der Waals surface area (Å²) in [7, 11) is -3.57. The molecule has 0 bridgehead atoms.